The fourth-order valence-corrected chi connectivity index (χ4v) is 1.81. The van der Waals surface area contributed by atoms with Crippen molar-refractivity contribution < 1.29 is 19.4 Å². The van der Waals surface area contributed by atoms with Crippen molar-refractivity contribution in [2.24, 2.45) is 0 Å². The van der Waals surface area contributed by atoms with E-state index in [1.807, 2.05) is 20.8 Å². The number of carbonyl (C=O) groups is 2. The van der Waals surface area contributed by atoms with Crippen molar-refractivity contribution >= 4 is 17.7 Å². The van der Waals surface area contributed by atoms with E-state index in [1.165, 1.54) is 0 Å². The number of nitrogens with zero attached hydrogens (tertiary/aromatic N) is 1. The number of anilines is 1. The molecule has 0 saturated heterocycles. The lowest BCUT2D eigenvalue weighted by Crippen LogP contribution is -2.40. The summed E-state index contributed by atoms with van der Waals surface area (Å²) < 4.78 is 5.03. The topological polar surface area (TPSA) is 78.9 Å². The van der Waals surface area contributed by atoms with Crippen LogP contribution in [-0.2, 0) is 4.79 Å². The maximum atomic E-state index is 12.1. The Morgan fingerprint density at radius 3 is 2.38 bits per heavy atom. The molecular weight excluding hydrogens is 272 g/mol. The first-order valence-corrected chi connectivity index (χ1v) is 6.96. The van der Waals surface area contributed by atoms with Crippen LogP contribution in [0.25, 0.3) is 0 Å². The van der Waals surface area contributed by atoms with Crippen LogP contribution in [0.15, 0.2) is 24.3 Å². The highest BCUT2D eigenvalue weighted by molar-refractivity contribution is 5.89. The number of hydrogen-bond donors (Lipinski definition) is 2. The quantitative estimate of drug-likeness (QED) is 0.810. The van der Waals surface area contributed by atoms with E-state index in [2.05, 4.69) is 5.32 Å². The van der Waals surface area contributed by atoms with Gasteiger partial charge in [0.25, 0.3) is 0 Å². The van der Waals surface area contributed by atoms with Gasteiger partial charge in [0.1, 0.15) is 5.75 Å². The van der Waals surface area contributed by atoms with Gasteiger partial charge in [-0.25, -0.2) is 9.59 Å². The second-order valence-corrected chi connectivity index (χ2v) is 4.92. The Morgan fingerprint density at radius 1 is 1.29 bits per heavy atom. The van der Waals surface area contributed by atoms with Crippen LogP contribution in [-0.4, -0.2) is 41.2 Å². The number of ether oxygens (including phenoxy) is 1. The number of amides is 2. The van der Waals surface area contributed by atoms with Gasteiger partial charge in [0.05, 0.1) is 0 Å². The molecule has 0 atom stereocenters. The second-order valence-electron chi connectivity index (χ2n) is 4.92. The van der Waals surface area contributed by atoms with Crippen LogP contribution in [0.5, 0.6) is 5.75 Å². The number of benzene rings is 1. The predicted octanol–water partition coefficient (Wildman–Crippen LogP) is 2.80. The number of urea groups is 1. The fraction of sp³-hybridized carbons (Fsp3) is 0.467. The number of aliphatic carboxylic acids is 1. The molecule has 0 fully saturated rings. The number of carboxylic acids is 1. The first-order chi connectivity index (χ1) is 9.93. The molecule has 6 heteroatoms. The summed E-state index contributed by atoms with van der Waals surface area (Å²) >= 11 is 0. The summed E-state index contributed by atoms with van der Waals surface area (Å²) in [4.78, 5) is 24.3. The van der Waals surface area contributed by atoms with Crippen molar-refractivity contribution in [3.8, 4) is 5.75 Å². The van der Waals surface area contributed by atoms with E-state index in [1.54, 1.807) is 29.2 Å². The minimum atomic E-state index is -1.03. The van der Waals surface area contributed by atoms with Crippen LogP contribution in [0.3, 0.4) is 0 Å². The number of carboxylic acid groups (broad SMARTS) is 1. The van der Waals surface area contributed by atoms with Gasteiger partial charge in [-0.15, -0.1) is 0 Å². The van der Waals surface area contributed by atoms with Gasteiger partial charge in [0, 0.05) is 18.3 Å². The Morgan fingerprint density at radius 2 is 1.90 bits per heavy atom. The van der Waals surface area contributed by atoms with Crippen molar-refractivity contribution in [2.45, 2.75) is 33.2 Å². The highest BCUT2D eigenvalue weighted by atomic mass is 16.5. The van der Waals surface area contributed by atoms with Crippen molar-refractivity contribution in [1.82, 2.24) is 4.90 Å². The second kappa shape index (κ2) is 8.14. The van der Waals surface area contributed by atoms with Gasteiger partial charge in [0.2, 0.25) is 0 Å². The minimum Gasteiger partial charge on any atom is -0.482 e. The standard InChI is InChI=1S/C15H22N2O4/c1-4-9-17(11(2)3)15(20)16-12-5-7-13(8-6-12)21-10-14(18)19/h5-8,11H,4,9-10H2,1-3H3,(H,16,20)(H,18,19). The smallest absolute Gasteiger partial charge is 0.341 e. The van der Waals surface area contributed by atoms with Crippen LogP contribution >= 0.6 is 0 Å². The van der Waals surface area contributed by atoms with E-state index in [9.17, 15) is 9.59 Å². The zero-order chi connectivity index (χ0) is 15.8. The molecule has 2 amide bonds. The molecule has 0 aromatic heterocycles. The SMILES string of the molecule is CCCN(C(=O)Nc1ccc(OCC(=O)O)cc1)C(C)C. The Balaban J connectivity index is 2.61. The molecule has 0 unspecified atom stereocenters. The Bertz CT molecular complexity index is 471. The summed E-state index contributed by atoms with van der Waals surface area (Å²) in [5.74, 6) is -0.579. The zero-order valence-corrected chi connectivity index (χ0v) is 12.6. The number of carbonyl (C=O) groups excluding carboxylic acids is 1. The van der Waals surface area contributed by atoms with E-state index < -0.39 is 5.97 Å². The summed E-state index contributed by atoms with van der Waals surface area (Å²) in [5.41, 5.74) is 0.643. The first-order valence-electron chi connectivity index (χ1n) is 6.96. The summed E-state index contributed by atoms with van der Waals surface area (Å²) in [6.45, 7) is 6.28. The molecule has 1 rings (SSSR count). The van der Waals surface area contributed by atoms with Crippen LogP contribution in [0.4, 0.5) is 10.5 Å². The third kappa shape index (κ3) is 5.72. The van der Waals surface area contributed by atoms with Crippen molar-refractivity contribution in [2.75, 3.05) is 18.5 Å². The molecule has 21 heavy (non-hydrogen) atoms. The molecule has 0 heterocycles. The molecular formula is C15H22N2O4. The Labute approximate surface area is 124 Å². The molecule has 0 saturated carbocycles. The maximum absolute atomic E-state index is 12.1. The first kappa shape index (κ1) is 16.8. The third-order valence-corrected chi connectivity index (χ3v) is 2.82. The van der Waals surface area contributed by atoms with E-state index in [0.29, 0.717) is 18.0 Å². The average Bonchev–Trinajstić information content (AvgIpc) is 2.43. The molecule has 116 valence electrons. The molecule has 2 N–H and O–H groups in total. The lowest BCUT2D eigenvalue weighted by Gasteiger charge is -2.26. The Kier molecular flexibility index (Phi) is 6.52. The molecule has 0 aliphatic carbocycles. The van der Waals surface area contributed by atoms with E-state index in [4.69, 9.17) is 9.84 Å². The fourth-order valence-electron chi connectivity index (χ4n) is 1.81. The Hall–Kier alpha value is -2.24. The van der Waals surface area contributed by atoms with Crippen LogP contribution in [0.2, 0.25) is 0 Å². The highest BCUT2D eigenvalue weighted by Gasteiger charge is 2.15. The van der Waals surface area contributed by atoms with E-state index >= 15 is 0 Å². The summed E-state index contributed by atoms with van der Waals surface area (Å²) in [6.07, 6.45) is 0.896. The lowest BCUT2D eigenvalue weighted by atomic mass is 10.3. The molecule has 0 spiro atoms. The summed E-state index contributed by atoms with van der Waals surface area (Å²) in [7, 11) is 0. The van der Waals surface area contributed by atoms with Gasteiger partial charge in [-0.3, -0.25) is 0 Å². The normalized spacial score (nSPS) is 10.3. The molecule has 0 aliphatic heterocycles. The number of rotatable bonds is 7. The molecule has 1 aromatic carbocycles. The van der Waals surface area contributed by atoms with Crippen molar-refractivity contribution in [1.29, 1.82) is 0 Å². The van der Waals surface area contributed by atoms with Gasteiger partial charge < -0.3 is 20.1 Å². The molecule has 6 nitrogen and oxygen atoms in total. The minimum absolute atomic E-state index is 0.128. The van der Waals surface area contributed by atoms with Crippen LogP contribution in [0.1, 0.15) is 27.2 Å². The largest absolute Gasteiger partial charge is 0.482 e. The summed E-state index contributed by atoms with van der Waals surface area (Å²) in [5, 5.41) is 11.3. The number of hydrogen-bond acceptors (Lipinski definition) is 3. The van der Waals surface area contributed by atoms with Gasteiger partial charge in [-0.05, 0) is 44.5 Å². The molecule has 0 bridgehead atoms. The van der Waals surface area contributed by atoms with E-state index in [-0.39, 0.29) is 18.7 Å². The molecule has 0 radical (unpaired) electrons. The lowest BCUT2D eigenvalue weighted by molar-refractivity contribution is -0.139. The highest BCUT2D eigenvalue weighted by Crippen LogP contribution is 2.16. The van der Waals surface area contributed by atoms with Crippen molar-refractivity contribution in [3.05, 3.63) is 24.3 Å². The zero-order valence-electron chi connectivity index (χ0n) is 12.6. The number of nitrogens with one attached hydrogen (secondary N) is 1. The van der Waals surface area contributed by atoms with Crippen molar-refractivity contribution in [3.63, 3.8) is 0 Å². The monoisotopic (exact) mass is 294 g/mol. The van der Waals surface area contributed by atoms with E-state index in [0.717, 1.165) is 6.42 Å². The van der Waals surface area contributed by atoms with Crippen LogP contribution < -0.4 is 10.1 Å². The predicted molar refractivity (Wildman–Crippen MR) is 80.7 cm³/mol. The third-order valence-electron chi connectivity index (χ3n) is 2.82. The molecule has 0 aliphatic rings. The van der Waals surface area contributed by atoms with Crippen LogP contribution in [0, 0.1) is 0 Å². The van der Waals surface area contributed by atoms with Gasteiger partial charge >= 0.3 is 12.0 Å². The van der Waals surface area contributed by atoms with Gasteiger partial charge in [-0.2, -0.15) is 0 Å². The molecule has 1 aromatic rings. The van der Waals surface area contributed by atoms with Gasteiger partial charge in [-0.1, -0.05) is 6.92 Å². The average molecular weight is 294 g/mol. The maximum Gasteiger partial charge on any atom is 0.341 e. The van der Waals surface area contributed by atoms with Gasteiger partial charge in [0.15, 0.2) is 6.61 Å². The summed E-state index contributed by atoms with van der Waals surface area (Å²) in [6, 6.07) is 6.59.